The smallest absolute Gasteiger partial charge is 0.189 e. The van der Waals surface area contributed by atoms with Gasteiger partial charge >= 0.3 is 0 Å². The maximum atomic E-state index is 12.3. The normalized spacial score (nSPS) is 12.8. The second kappa shape index (κ2) is 11.8. The highest BCUT2D eigenvalue weighted by atomic mass is 16.5. The monoisotopic (exact) mass is 510 g/mol. The van der Waals surface area contributed by atoms with Gasteiger partial charge in [0.25, 0.3) is 0 Å². The Morgan fingerprint density at radius 1 is 0.757 bits per heavy atom. The van der Waals surface area contributed by atoms with Gasteiger partial charge < -0.3 is 19.3 Å². The van der Waals surface area contributed by atoms with Crippen molar-refractivity contribution in [3.05, 3.63) is 71.8 Å². The summed E-state index contributed by atoms with van der Waals surface area (Å²) in [4.78, 5) is 12.3. The van der Waals surface area contributed by atoms with E-state index in [0.29, 0.717) is 25.0 Å². The molecule has 0 amide bonds. The number of carbonyl (C=O) groups excluding carboxylic acids is 1. The second-order valence-electron chi connectivity index (χ2n) is 12.1. The van der Waals surface area contributed by atoms with Gasteiger partial charge in [-0.3, -0.25) is 4.79 Å². The minimum Gasteiger partial charge on any atom is -0.488 e. The quantitative estimate of drug-likeness (QED) is 0.276. The summed E-state index contributed by atoms with van der Waals surface area (Å²) in [6.07, 6.45) is 1.21. The van der Waals surface area contributed by atoms with E-state index in [-0.39, 0.29) is 17.8 Å². The van der Waals surface area contributed by atoms with Gasteiger partial charge in [-0.1, -0.05) is 44.7 Å². The van der Waals surface area contributed by atoms with Gasteiger partial charge in [0.2, 0.25) is 0 Å². The van der Waals surface area contributed by atoms with Gasteiger partial charge in [0.1, 0.15) is 28.3 Å². The van der Waals surface area contributed by atoms with Crippen LogP contribution in [0.1, 0.15) is 86.3 Å². The molecule has 1 N–H and O–H groups in total. The van der Waals surface area contributed by atoms with Crippen LogP contribution in [0, 0.1) is 0 Å². The zero-order valence-electron chi connectivity index (χ0n) is 24.2. The number of Topliss-reactive ketones (excluding diaryl/α,β-unsaturated/α-hetero) is 1. The highest BCUT2D eigenvalue weighted by Gasteiger charge is 2.30. The van der Waals surface area contributed by atoms with Gasteiger partial charge in [-0.05, 0) is 89.4 Å². The SMILES string of the molecule is C=C(C)C(=O)C(C)(C)OCCC(C)(C)Oc1ccc(C(C)(C)c2ccc(OC(C)(C)CCO)cc2)cc1. The number of ether oxygens (including phenoxy) is 3. The molecule has 0 saturated carbocycles. The Morgan fingerprint density at radius 3 is 1.54 bits per heavy atom. The molecule has 2 aromatic rings. The molecule has 37 heavy (non-hydrogen) atoms. The molecule has 2 aromatic carbocycles. The lowest BCUT2D eigenvalue weighted by atomic mass is 9.78. The third-order valence-electron chi connectivity index (χ3n) is 6.76. The van der Waals surface area contributed by atoms with Crippen molar-refractivity contribution < 1.29 is 24.1 Å². The highest BCUT2D eigenvalue weighted by Crippen LogP contribution is 2.34. The molecule has 0 unspecified atom stereocenters. The first-order valence-electron chi connectivity index (χ1n) is 13.0. The Morgan fingerprint density at radius 2 is 1.16 bits per heavy atom. The minimum atomic E-state index is -0.894. The standard InChI is InChI=1S/C32H46O5/c1-23(2)28(34)32(9,10)35-22-20-30(5,6)37-27-17-13-25(14-18-27)31(7,8)24-11-15-26(16-12-24)36-29(3,4)19-21-33/h11-18,33H,1,19-22H2,2-10H3. The van der Waals surface area contributed by atoms with Gasteiger partial charge in [0, 0.05) is 24.9 Å². The van der Waals surface area contributed by atoms with Crippen LogP contribution in [0.25, 0.3) is 0 Å². The van der Waals surface area contributed by atoms with Gasteiger partial charge in [-0.25, -0.2) is 0 Å². The summed E-state index contributed by atoms with van der Waals surface area (Å²) in [5.74, 6) is 1.49. The average molecular weight is 511 g/mol. The number of rotatable bonds is 14. The number of aliphatic hydroxyl groups excluding tert-OH is 1. The van der Waals surface area contributed by atoms with Crippen molar-refractivity contribution in [3.8, 4) is 11.5 Å². The first-order valence-corrected chi connectivity index (χ1v) is 13.0. The van der Waals surface area contributed by atoms with Crippen LogP contribution in [0.4, 0.5) is 0 Å². The van der Waals surface area contributed by atoms with E-state index in [9.17, 15) is 9.90 Å². The molecular formula is C32H46O5. The zero-order chi connectivity index (χ0) is 28.1. The largest absolute Gasteiger partial charge is 0.488 e. The number of hydrogen-bond donors (Lipinski definition) is 1. The summed E-state index contributed by atoms with van der Waals surface area (Å²) in [7, 11) is 0. The van der Waals surface area contributed by atoms with E-state index in [4.69, 9.17) is 14.2 Å². The molecule has 0 aliphatic rings. The lowest BCUT2D eigenvalue weighted by molar-refractivity contribution is -0.137. The van der Waals surface area contributed by atoms with Crippen LogP contribution in [0.5, 0.6) is 11.5 Å². The van der Waals surface area contributed by atoms with Crippen molar-refractivity contribution in [2.24, 2.45) is 0 Å². The molecule has 0 aliphatic heterocycles. The van der Waals surface area contributed by atoms with Crippen LogP contribution >= 0.6 is 0 Å². The maximum Gasteiger partial charge on any atom is 0.189 e. The lowest BCUT2D eigenvalue weighted by Gasteiger charge is -2.30. The fraction of sp³-hybridized carbons (Fsp3) is 0.531. The Labute approximate surface area is 223 Å². The summed E-state index contributed by atoms with van der Waals surface area (Å²) in [6, 6.07) is 16.4. The summed E-state index contributed by atoms with van der Waals surface area (Å²) in [5.41, 5.74) is 0.874. The highest BCUT2D eigenvalue weighted by molar-refractivity contribution is 6.00. The van der Waals surface area contributed by atoms with Gasteiger partial charge in [-0.15, -0.1) is 0 Å². The van der Waals surface area contributed by atoms with E-state index in [0.717, 1.165) is 11.5 Å². The molecular weight excluding hydrogens is 464 g/mol. The summed E-state index contributed by atoms with van der Waals surface area (Å²) < 4.78 is 18.2. The van der Waals surface area contributed by atoms with Crippen LogP contribution in [0.2, 0.25) is 0 Å². The molecule has 0 radical (unpaired) electrons. The first-order chi connectivity index (χ1) is 17.0. The summed E-state index contributed by atoms with van der Waals surface area (Å²) in [5, 5.41) is 9.23. The molecule has 0 fully saturated rings. The molecule has 0 atom stereocenters. The predicted octanol–water partition coefficient (Wildman–Crippen LogP) is 7.04. The third-order valence-corrected chi connectivity index (χ3v) is 6.76. The number of hydrogen-bond acceptors (Lipinski definition) is 5. The van der Waals surface area contributed by atoms with E-state index in [2.05, 4.69) is 44.7 Å². The van der Waals surface area contributed by atoms with E-state index in [1.165, 1.54) is 11.1 Å². The molecule has 0 aliphatic carbocycles. The minimum absolute atomic E-state index is 0.0860. The number of aliphatic hydroxyl groups is 1. The predicted molar refractivity (Wildman–Crippen MR) is 151 cm³/mol. The summed E-state index contributed by atoms with van der Waals surface area (Å²) in [6.45, 7) is 21.9. The fourth-order valence-corrected chi connectivity index (χ4v) is 4.19. The molecule has 0 saturated heterocycles. The number of ketones is 1. The van der Waals surface area contributed by atoms with Crippen LogP contribution in [0.15, 0.2) is 60.7 Å². The number of benzene rings is 2. The second-order valence-corrected chi connectivity index (χ2v) is 12.1. The van der Waals surface area contributed by atoms with Crippen molar-refractivity contribution in [2.75, 3.05) is 13.2 Å². The lowest BCUT2D eigenvalue weighted by Crippen LogP contribution is -2.38. The molecule has 2 rings (SSSR count). The summed E-state index contributed by atoms with van der Waals surface area (Å²) >= 11 is 0. The Hall–Kier alpha value is -2.63. The Kier molecular flexibility index (Phi) is 9.78. The zero-order valence-corrected chi connectivity index (χ0v) is 24.2. The van der Waals surface area contributed by atoms with Crippen molar-refractivity contribution in [1.29, 1.82) is 0 Å². The van der Waals surface area contributed by atoms with Gasteiger partial charge in [-0.2, -0.15) is 0 Å². The molecule has 204 valence electrons. The molecule has 0 aromatic heterocycles. The number of carbonyl (C=O) groups is 1. The van der Waals surface area contributed by atoms with Crippen LogP contribution in [-0.4, -0.2) is 40.9 Å². The van der Waals surface area contributed by atoms with E-state index in [1.807, 2.05) is 52.0 Å². The molecule has 0 bridgehead atoms. The first kappa shape index (κ1) is 30.6. The molecule has 0 spiro atoms. The van der Waals surface area contributed by atoms with Crippen molar-refractivity contribution in [3.63, 3.8) is 0 Å². The van der Waals surface area contributed by atoms with Gasteiger partial charge in [0.15, 0.2) is 5.78 Å². The maximum absolute atomic E-state index is 12.3. The average Bonchev–Trinajstić information content (AvgIpc) is 2.78. The third kappa shape index (κ3) is 8.72. The van der Waals surface area contributed by atoms with Crippen LogP contribution in [-0.2, 0) is 14.9 Å². The van der Waals surface area contributed by atoms with Crippen molar-refractivity contribution in [2.45, 2.75) is 97.4 Å². The van der Waals surface area contributed by atoms with Gasteiger partial charge in [0.05, 0.1) is 6.61 Å². The van der Waals surface area contributed by atoms with Crippen molar-refractivity contribution in [1.82, 2.24) is 0 Å². The Bertz CT molecular complexity index is 1040. The van der Waals surface area contributed by atoms with Crippen LogP contribution in [0.3, 0.4) is 0 Å². The van der Waals surface area contributed by atoms with E-state index < -0.39 is 16.8 Å². The fourth-order valence-electron chi connectivity index (χ4n) is 4.19. The van der Waals surface area contributed by atoms with Crippen LogP contribution < -0.4 is 9.47 Å². The molecule has 5 nitrogen and oxygen atoms in total. The van der Waals surface area contributed by atoms with Crippen molar-refractivity contribution >= 4 is 5.78 Å². The van der Waals surface area contributed by atoms with E-state index >= 15 is 0 Å². The topological polar surface area (TPSA) is 65.0 Å². The van der Waals surface area contributed by atoms with E-state index in [1.54, 1.807) is 20.8 Å². The molecule has 5 heteroatoms. The molecule has 0 heterocycles. The Balaban J connectivity index is 2.02.